The molecule has 76 valence electrons. The van der Waals surface area contributed by atoms with Gasteiger partial charge in [-0.2, -0.15) is 0 Å². The third-order valence-corrected chi connectivity index (χ3v) is 2.46. The zero-order chi connectivity index (χ0) is 9.97. The van der Waals surface area contributed by atoms with E-state index in [1.807, 2.05) is 0 Å². The number of nitrogens with one attached hydrogen (secondary N) is 2. The number of methoxy groups -OCH3 is 1. The first-order valence-corrected chi connectivity index (χ1v) is 4.62. The molecule has 1 aliphatic rings. The summed E-state index contributed by atoms with van der Waals surface area (Å²) in [7, 11) is 1.71. The van der Waals surface area contributed by atoms with Gasteiger partial charge in [0.15, 0.2) is 0 Å². The van der Waals surface area contributed by atoms with Crippen LogP contribution in [0.4, 0.5) is 5.82 Å². The van der Waals surface area contributed by atoms with Gasteiger partial charge in [0, 0.05) is 19.2 Å². The van der Waals surface area contributed by atoms with Crippen LogP contribution in [0.5, 0.6) is 0 Å². The molecule has 0 unspecified atom stereocenters. The van der Waals surface area contributed by atoms with Gasteiger partial charge < -0.3 is 15.0 Å². The fraction of sp³-hybridized carbons (Fsp3) is 0.556. The van der Waals surface area contributed by atoms with Crippen molar-refractivity contribution in [3.05, 3.63) is 22.7 Å². The number of anilines is 1. The molecule has 0 radical (unpaired) electrons. The molecule has 1 fully saturated rings. The number of hydrogen-bond acceptors (Lipinski definition) is 4. The summed E-state index contributed by atoms with van der Waals surface area (Å²) in [6.07, 6.45) is 3.71. The molecule has 5 nitrogen and oxygen atoms in total. The Kier molecular flexibility index (Phi) is 2.49. The molecule has 1 saturated carbocycles. The van der Waals surface area contributed by atoms with Crippen molar-refractivity contribution in [2.75, 3.05) is 12.4 Å². The second-order valence-corrected chi connectivity index (χ2v) is 3.47. The Morgan fingerprint density at radius 2 is 2.43 bits per heavy atom. The summed E-state index contributed by atoms with van der Waals surface area (Å²) in [6.45, 7) is 0. The molecule has 2 rings (SSSR count). The van der Waals surface area contributed by atoms with Crippen molar-refractivity contribution < 1.29 is 4.74 Å². The third kappa shape index (κ3) is 1.93. The molecule has 0 aromatic carbocycles. The highest BCUT2D eigenvalue weighted by Crippen LogP contribution is 2.24. The van der Waals surface area contributed by atoms with Crippen LogP contribution in [0.1, 0.15) is 12.8 Å². The van der Waals surface area contributed by atoms with E-state index in [9.17, 15) is 4.79 Å². The summed E-state index contributed by atoms with van der Waals surface area (Å²) in [4.78, 5) is 17.4. The monoisotopic (exact) mass is 195 g/mol. The number of aromatic nitrogens is 2. The highest BCUT2D eigenvalue weighted by molar-refractivity contribution is 5.34. The highest BCUT2D eigenvalue weighted by atomic mass is 16.5. The quantitative estimate of drug-likeness (QED) is 0.730. The average molecular weight is 195 g/mol. The van der Waals surface area contributed by atoms with E-state index in [-0.39, 0.29) is 5.56 Å². The number of hydrogen-bond donors (Lipinski definition) is 2. The summed E-state index contributed by atoms with van der Waals surface area (Å²) in [6, 6.07) is 1.84. The van der Waals surface area contributed by atoms with E-state index in [4.69, 9.17) is 4.74 Å². The molecule has 0 atom stereocenters. The minimum Gasteiger partial charge on any atom is -0.381 e. The van der Waals surface area contributed by atoms with Gasteiger partial charge in [0.1, 0.15) is 5.82 Å². The first-order chi connectivity index (χ1) is 6.78. The van der Waals surface area contributed by atoms with Crippen LogP contribution in [0.3, 0.4) is 0 Å². The van der Waals surface area contributed by atoms with Gasteiger partial charge in [0.25, 0.3) is 5.56 Å². The van der Waals surface area contributed by atoms with Crippen molar-refractivity contribution in [2.45, 2.75) is 25.0 Å². The fourth-order valence-corrected chi connectivity index (χ4v) is 1.53. The molecule has 1 aromatic rings. The van der Waals surface area contributed by atoms with Gasteiger partial charge in [-0.3, -0.25) is 4.79 Å². The van der Waals surface area contributed by atoms with Crippen LogP contribution < -0.4 is 10.9 Å². The Bertz CT molecular complexity index is 357. The molecule has 5 heteroatoms. The van der Waals surface area contributed by atoms with Crippen molar-refractivity contribution >= 4 is 5.82 Å². The first-order valence-electron chi connectivity index (χ1n) is 4.62. The lowest BCUT2D eigenvalue weighted by Crippen LogP contribution is -2.40. The number of H-pyrrole nitrogens is 1. The maximum atomic E-state index is 10.9. The topological polar surface area (TPSA) is 67.0 Å². The van der Waals surface area contributed by atoms with Crippen LogP contribution in [0.2, 0.25) is 0 Å². The van der Waals surface area contributed by atoms with Crippen molar-refractivity contribution in [3.63, 3.8) is 0 Å². The normalized spacial score (nSPS) is 25.5. The minimum atomic E-state index is -0.134. The summed E-state index contributed by atoms with van der Waals surface area (Å²) < 4.78 is 5.15. The van der Waals surface area contributed by atoms with Crippen LogP contribution in [0.25, 0.3) is 0 Å². The fourth-order valence-electron chi connectivity index (χ4n) is 1.53. The summed E-state index contributed by atoms with van der Waals surface area (Å²) in [5, 5.41) is 3.17. The number of nitrogens with zero attached hydrogens (tertiary/aromatic N) is 1. The molecule has 1 aromatic heterocycles. The van der Waals surface area contributed by atoms with Crippen LogP contribution in [0, 0.1) is 0 Å². The van der Waals surface area contributed by atoms with E-state index >= 15 is 0 Å². The van der Waals surface area contributed by atoms with E-state index in [1.54, 1.807) is 7.11 Å². The van der Waals surface area contributed by atoms with Crippen LogP contribution in [-0.4, -0.2) is 29.2 Å². The number of aromatic amines is 1. The predicted molar refractivity (Wildman–Crippen MR) is 52.3 cm³/mol. The van der Waals surface area contributed by atoms with Gasteiger partial charge in [0.05, 0.1) is 12.4 Å². The molecule has 14 heavy (non-hydrogen) atoms. The summed E-state index contributed by atoms with van der Waals surface area (Å²) in [5.41, 5.74) is -0.134. The smallest absolute Gasteiger partial charge is 0.252 e. The largest absolute Gasteiger partial charge is 0.381 e. The molecule has 0 saturated heterocycles. The predicted octanol–water partition coefficient (Wildman–Crippen LogP) is 0.359. The second kappa shape index (κ2) is 3.79. The molecule has 1 aliphatic carbocycles. The average Bonchev–Trinajstić information content (AvgIpc) is 2.10. The Labute approximate surface area is 81.5 Å². The molecule has 2 N–H and O–H groups in total. The first kappa shape index (κ1) is 9.21. The lowest BCUT2D eigenvalue weighted by atomic mass is 9.89. The molecular formula is C9H13N3O2. The Morgan fingerprint density at radius 3 is 3.07 bits per heavy atom. The van der Waals surface area contributed by atoms with Crippen molar-refractivity contribution in [3.8, 4) is 0 Å². The minimum absolute atomic E-state index is 0.134. The van der Waals surface area contributed by atoms with Gasteiger partial charge in [-0.15, -0.1) is 0 Å². The van der Waals surface area contributed by atoms with Gasteiger partial charge in [-0.05, 0) is 12.8 Å². The van der Waals surface area contributed by atoms with Crippen molar-refractivity contribution in [1.82, 2.24) is 9.97 Å². The third-order valence-electron chi connectivity index (χ3n) is 2.46. The zero-order valence-corrected chi connectivity index (χ0v) is 7.99. The van der Waals surface area contributed by atoms with Gasteiger partial charge in [-0.25, -0.2) is 4.98 Å². The molecule has 1 heterocycles. The van der Waals surface area contributed by atoms with E-state index < -0.39 is 0 Å². The standard InChI is InChI=1S/C9H13N3O2/c1-14-7-2-6(3-7)12-8-4-9(13)11-5-10-8/h4-7H,2-3H2,1H3,(H2,10,11,12,13). The van der Waals surface area contributed by atoms with E-state index in [0.717, 1.165) is 12.8 Å². The Morgan fingerprint density at radius 1 is 1.64 bits per heavy atom. The maximum absolute atomic E-state index is 10.9. The zero-order valence-electron chi connectivity index (χ0n) is 7.99. The van der Waals surface area contributed by atoms with Gasteiger partial charge in [0.2, 0.25) is 0 Å². The maximum Gasteiger partial charge on any atom is 0.252 e. The van der Waals surface area contributed by atoms with E-state index in [2.05, 4.69) is 15.3 Å². The summed E-state index contributed by atoms with van der Waals surface area (Å²) in [5.74, 6) is 0.633. The van der Waals surface area contributed by atoms with Crippen LogP contribution in [-0.2, 0) is 4.74 Å². The van der Waals surface area contributed by atoms with Gasteiger partial charge >= 0.3 is 0 Å². The van der Waals surface area contributed by atoms with Crippen LogP contribution >= 0.6 is 0 Å². The number of rotatable bonds is 3. The molecule has 0 spiro atoms. The summed E-state index contributed by atoms with van der Waals surface area (Å²) >= 11 is 0. The molecule has 0 amide bonds. The number of ether oxygens (including phenoxy) is 1. The van der Waals surface area contributed by atoms with Gasteiger partial charge in [-0.1, -0.05) is 0 Å². The lowest BCUT2D eigenvalue weighted by molar-refractivity contribution is 0.0328. The van der Waals surface area contributed by atoms with E-state index in [0.29, 0.717) is 18.0 Å². The van der Waals surface area contributed by atoms with Crippen molar-refractivity contribution in [1.29, 1.82) is 0 Å². The molecular weight excluding hydrogens is 182 g/mol. The molecule has 0 aliphatic heterocycles. The lowest BCUT2D eigenvalue weighted by Gasteiger charge is -2.34. The van der Waals surface area contributed by atoms with Crippen LogP contribution in [0.15, 0.2) is 17.2 Å². The Balaban J connectivity index is 1.90. The SMILES string of the molecule is COC1CC(Nc2cc(=O)[nH]cn2)C1. The van der Waals surface area contributed by atoms with Crippen molar-refractivity contribution in [2.24, 2.45) is 0 Å². The molecule has 0 bridgehead atoms. The second-order valence-electron chi connectivity index (χ2n) is 3.47. The Hall–Kier alpha value is -1.36. The highest BCUT2D eigenvalue weighted by Gasteiger charge is 2.28. The van der Waals surface area contributed by atoms with E-state index in [1.165, 1.54) is 12.4 Å².